The quantitative estimate of drug-likeness (QED) is 0.442. The van der Waals surface area contributed by atoms with Gasteiger partial charge in [-0.25, -0.2) is 19.1 Å². The number of esters is 1. The summed E-state index contributed by atoms with van der Waals surface area (Å²) < 4.78 is 7.60. The summed E-state index contributed by atoms with van der Waals surface area (Å²) in [5, 5.41) is 0.0864. The van der Waals surface area contributed by atoms with E-state index in [4.69, 9.17) is 9.72 Å². The molecule has 0 saturated heterocycles. The molecule has 2 aromatic heterocycles. The topological polar surface area (TPSA) is 83.2 Å². The first-order valence-corrected chi connectivity index (χ1v) is 10.9. The van der Waals surface area contributed by atoms with E-state index in [9.17, 15) is 14.4 Å². The van der Waals surface area contributed by atoms with Crippen molar-refractivity contribution in [2.24, 2.45) is 0 Å². The van der Waals surface area contributed by atoms with Gasteiger partial charge in [-0.15, -0.1) is 0 Å². The van der Waals surface area contributed by atoms with Crippen LogP contribution in [0, 0.1) is 6.92 Å². The number of aromatic nitrogens is 3. The monoisotopic (exact) mass is 441 g/mol. The number of hydrogen-bond acceptors (Lipinski definition) is 5. The lowest BCUT2D eigenvalue weighted by Gasteiger charge is -2.17. The molecule has 0 amide bonds. The molecular weight excluding hydrogens is 418 g/mol. The van der Waals surface area contributed by atoms with E-state index in [2.05, 4.69) is 0 Å². The summed E-state index contributed by atoms with van der Waals surface area (Å²) in [7, 11) is 1.28. The highest BCUT2D eigenvalue weighted by molar-refractivity contribution is 6.02. The van der Waals surface area contributed by atoms with Gasteiger partial charge in [0.15, 0.2) is 5.65 Å². The standard InChI is InChI=1S/C26H23N3O4/c1-16-8-6-7-9-18(16)15-28-24(30)22-20(25(31)33-2)14-21(17-12-13-17)27-23(22)29(26(28)32)19-10-4-3-5-11-19/h3-11,14,17H,12-13,15H2,1-2H3. The Hall–Kier alpha value is -4.00. The summed E-state index contributed by atoms with van der Waals surface area (Å²) in [6.07, 6.45) is 1.91. The Bertz CT molecular complexity index is 1500. The van der Waals surface area contributed by atoms with Gasteiger partial charge >= 0.3 is 11.7 Å². The molecule has 1 fully saturated rings. The lowest BCUT2D eigenvalue weighted by Crippen LogP contribution is -2.41. The smallest absolute Gasteiger partial charge is 0.338 e. The number of fused-ring (bicyclic) bond motifs is 1. The van der Waals surface area contributed by atoms with E-state index < -0.39 is 17.2 Å². The number of carbonyl (C=O) groups is 1. The molecule has 0 radical (unpaired) electrons. The fourth-order valence-electron chi connectivity index (χ4n) is 4.12. The Labute approximate surface area is 189 Å². The van der Waals surface area contributed by atoms with Gasteiger partial charge in [-0.05, 0) is 49.1 Å². The predicted molar refractivity (Wildman–Crippen MR) is 125 cm³/mol. The molecule has 166 valence electrons. The number of rotatable bonds is 5. The first-order chi connectivity index (χ1) is 16.0. The van der Waals surface area contributed by atoms with E-state index in [0.29, 0.717) is 11.4 Å². The predicted octanol–water partition coefficient (Wildman–Crippen LogP) is 3.57. The zero-order valence-electron chi connectivity index (χ0n) is 18.4. The van der Waals surface area contributed by atoms with Crippen LogP contribution in [-0.2, 0) is 11.3 Å². The van der Waals surface area contributed by atoms with E-state index in [0.717, 1.165) is 24.0 Å². The number of pyridine rings is 1. The van der Waals surface area contributed by atoms with Gasteiger partial charge in [0.2, 0.25) is 0 Å². The molecule has 2 aromatic carbocycles. The van der Waals surface area contributed by atoms with E-state index in [-0.39, 0.29) is 29.1 Å². The van der Waals surface area contributed by atoms with Crippen LogP contribution in [0.4, 0.5) is 0 Å². The zero-order valence-corrected chi connectivity index (χ0v) is 18.4. The number of benzene rings is 2. The molecule has 0 aliphatic heterocycles. The maximum atomic E-state index is 13.7. The number of nitrogens with zero attached hydrogens (tertiary/aromatic N) is 3. The molecule has 2 heterocycles. The van der Waals surface area contributed by atoms with Crippen LogP contribution < -0.4 is 11.2 Å². The van der Waals surface area contributed by atoms with E-state index >= 15 is 0 Å². The normalized spacial score (nSPS) is 13.3. The van der Waals surface area contributed by atoms with E-state index in [1.165, 1.54) is 16.2 Å². The van der Waals surface area contributed by atoms with Gasteiger partial charge in [0.05, 0.1) is 30.3 Å². The number of para-hydroxylation sites is 1. The van der Waals surface area contributed by atoms with Gasteiger partial charge in [0, 0.05) is 11.6 Å². The van der Waals surface area contributed by atoms with Crippen molar-refractivity contribution in [2.75, 3.05) is 7.11 Å². The molecular formula is C26H23N3O4. The van der Waals surface area contributed by atoms with Crippen LogP contribution in [0.25, 0.3) is 16.7 Å². The van der Waals surface area contributed by atoms with Crippen LogP contribution in [0.15, 0.2) is 70.3 Å². The summed E-state index contributed by atoms with van der Waals surface area (Å²) in [5.41, 5.74) is 2.34. The Morgan fingerprint density at radius 3 is 2.42 bits per heavy atom. The van der Waals surface area contributed by atoms with Crippen molar-refractivity contribution in [3.63, 3.8) is 0 Å². The molecule has 7 nitrogen and oxygen atoms in total. The molecule has 1 aliphatic rings. The molecule has 0 atom stereocenters. The van der Waals surface area contributed by atoms with Crippen LogP contribution in [0.5, 0.6) is 0 Å². The van der Waals surface area contributed by atoms with Crippen LogP contribution in [0.2, 0.25) is 0 Å². The summed E-state index contributed by atoms with van der Waals surface area (Å²) in [6.45, 7) is 2.01. The molecule has 0 unspecified atom stereocenters. The lowest BCUT2D eigenvalue weighted by molar-refractivity contribution is 0.0602. The highest BCUT2D eigenvalue weighted by atomic mass is 16.5. The van der Waals surface area contributed by atoms with Crippen molar-refractivity contribution >= 4 is 17.0 Å². The summed E-state index contributed by atoms with van der Waals surface area (Å²) >= 11 is 0. The summed E-state index contributed by atoms with van der Waals surface area (Å²) in [6, 6.07) is 18.3. The maximum Gasteiger partial charge on any atom is 0.338 e. The third-order valence-corrected chi connectivity index (χ3v) is 6.12. The van der Waals surface area contributed by atoms with Gasteiger partial charge in [-0.2, -0.15) is 0 Å². The molecule has 0 spiro atoms. The van der Waals surface area contributed by atoms with Crippen molar-refractivity contribution < 1.29 is 9.53 Å². The SMILES string of the molecule is COC(=O)c1cc(C2CC2)nc2c1c(=O)n(Cc1ccccc1C)c(=O)n2-c1ccccc1. The third-order valence-electron chi connectivity index (χ3n) is 6.12. The molecule has 0 N–H and O–H groups in total. The largest absolute Gasteiger partial charge is 0.465 e. The molecule has 4 aromatic rings. The lowest BCUT2D eigenvalue weighted by atomic mass is 10.1. The van der Waals surface area contributed by atoms with Gasteiger partial charge in [0.25, 0.3) is 5.56 Å². The van der Waals surface area contributed by atoms with Crippen LogP contribution in [-0.4, -0.2) is 27.2 Å². The maximum absolute atomic E-state index is 13.7. The Morgan fingerprint density at radius 2 is 1.76 bits per heavy atom. The molecule has 7 heteroatoms. The fourth-order valence-corrected chi connectivity index (χ4v) is 4.12. The summed E-state index contributed by atoms with van der Waals surface area (Å²) in [5.74, 6) is -0.409. The number of aryl methyl sites for hydroxylation is 1. The minimum atomic E-state index is -0.623. The minimum absolute atomic E-state index is 0.0815. The third kappa shape index (κ3) is 3.65. The van der Waals surface area contributed by atoms with Crippen molar-refractivity contribution in [3.8, 4) is 5.69 Å². The van der Waals surface area contributed by atoms with Gasteiger partial charge in [-0.3, -0.25) is 9.36 Å². The van der Waals surface area contributed by atoms with Crippen molar-refractivity contribution in [1.82, 2.24) is 14.1 Å². The molecule has 1 saturated carbocycles. The Morgan fingerprint density at radius 1 is 1.06 bits per heavy atom. The molecule has 1 aliphatic carbocycles. The van der Waals surface area contributed by atoms with Crippen molar-refractivity contribution in [3.05, 3.63) is 104 Å². The van der Waals surface area contributed by atoms with E-state index in [1.807, 2.05) is 49.4 Å². The molecule has 0 bridgehead atoms. The number of ether oxygens (including phenoxy) is 1. The minimum Gasteiger partial charge on any atom is -0.465 e. The highest BCUT2D eigenvalue weighted by Crippen LogP contribution is 2.40. The second-order valence-corrected chi connectivity index (χ2v) is 8.33. The Balaban J connectivity index is 1.90. The van der Waals surface area contributed by atoms with Gasteiger partial charge in [0.1, 0.15) is 0 Å². The van der Waals surface area contributed by atoms with Crippen molar-refractivity contribution in [1.29, 1.82) is 0 Å². The number of methoxy groups -OCH3 is 1. The zero-order chi connectivity index (χ0) is 23.1. The fraction of sp³-hybridized carbons (Fsp3) is 0.231. The first-order valence-electron chi connectivity index (χ1n) is 10.9. The highest BCUT2D eigenvalue weighted by Gasteiger charge is 2.30. The van der Waals surface area contributed by atoms with Gasteiger partial charge in [-0.1, -0.05) is 42.5 Å². The van der Waals surface area contributed by atoms with Crippen LogP contribution in [0.1, 0.15) is 45.9 Å². The number of carbonyl (C=O) groups excluding carboxylic acids is 1. The Kier molecular flexibility index (Phi) is 5.17. The average Bonchev–Trinajstić information content (AvgIpc) is 3.68. The molecule has 5 rings (SSSR count). The van der Waals surface area contributed by atoms with E-state index in [1.54, 1.807) is 18.2 Å². The van der Waals surface area contributed by atoms with Crippen molar-refractivity contribution in [2.45, 2.75) is 32.2 Å². The average molecular weight is 441 g/mol. The second-order valence-electron chi connectivity index (χ2n) is 8.33. The van der Waals surface area contributed by atoms with Crippen LogP contribution in [0.3, 0.4) is 0 Å². The number of hydrogen-bond donors (Lipinski definition) is 0. The first kappa shape index (κ1) is 20.9. The van der Waals surface area contributed by atoms with Crippen LogP contribution >= 0.6 is 0 Å². The molecule has 33 heavy (non-hydrogen) atoms. The summed E-state index contributed by atoms with van der Waals surface area (Å²) in [4.78, 5) is 44.9. The second kappa shape index (κ2) is 8.16. The van der Waals surface area contributed by atoms with Gasteiger partial charge < -0.3 is 4.74 Å².